The summed E-state index contributed by atoms with van der Waals surface area (Å²) in [4.78, 5) is 10.8. The molecule has 0 aromatic heterocycles. The summed E-state index contributed by atoms with van der Waals surface area (Å²) in [7, 11) is 3.14. The van der Waals surface area contributed by atoms with E-state index in [0.717, 1.165) is 5.56 Å². The van der Waals surface area contributed by atoms with Crippen LogP contribution in [-0.2, 0) is 4.79 Å². The predicted molar refractivity (Wildman–Crippen MR) is 84.3 cm³/mol. The Morgan fingerprint density at radius 3 is 2.41 bits per heavy atom. The number of ether oxygens (including phenoxy) is 3. The topological polar surface area (TPSA) is 70.8 Å². The van der Waals surface area contributed by atoms with Crippen molar-refractivity contribution in [1.82, 2.24) is 0 Å². The van der Waals surface area contributed by atoms with E-state index in [-0.39, 0.29) is 0 Å². The summed E-state index contributed by atoms with van der Waals surface area (Å²) < 4.78 is 16.2. The van der Waals surface area contributed by atoms with Crippen LogP contribution in [0.4, 0.5) is 0 Å². The minimum atomic E-state index is -0.494. The van der Waals surface area contributed by atoms with Gasteiger partial charge in [0.15, 0.2) is 11.5 Å². The van der Waals surface area contributed by atoms with Gasteiger partial charge in [-0.25, -0.2) is 0 Å². The molecule has 0 fully saturated rings. The standard InChI is InChI=1S/C17H17NO4/c1-20-15-8-7-14(11-16(15)21-2)22-13-5-3-4-12(10-13)6-9-17(18)19/h3-11H,1-2H3,(H2,18,19). The molecule has 0 heterocycles. The van der Waals surface area contributed by atoms with Crippen molar-refractivity contribution in [3.63, 3.8) is 0 Å². The van der Waals surface area contributed by atoms with E-state index in [2.05, 4.69) is 0 Å². The van der Waals surface area contributed by atoms with Crippen LogP contribution in [0, 0.1) is 0 Å². The average molecular weight is 299 g/mol. The SMILES string of the molecule is COc1ccc(Oc2cccc(C=CC(N)=O)c2)cc1OC. The highest BCUT2D eigenvalue weighted by Crippen LogP contribution is 2.33. The molecule has 2 rings (SSSR count). The summed E-state index contributed by atoms with van der Waals surface area (Å²) >= 11 is 0. The van der Waals surface area contributed by atoms with Gasteiger partial charge >= 0.3 is 0 Å². The van der Waals surface area contributed by atoms with E-state index >= 15 is 0 Å². The van der Waals surface area contributed by atoms with E-state index in [9.17, 15) is 4.79 Å². The second-order valence-corrected chi connectivity index (χ2v) is 4.43. The van der Waals surface area contributed by atoms with Gasteiger partial charge in [-0.15, -0.1) is 0 Å². The third-order valence-corrected chi connectivity index (χ3v) is 2.89. The quantitative estimate of drug-likeness (QED) is 0.832. The Morgan fingerprint density at radius 2 is 1.73 bits per heavy atom. The highest BCUT2D eigenvalue weighted by molar-refractivity contribution is 5.90. The first-order valence-electron chi connectivity index (χ1n) is 6.60. The van der Waals surface area contributed by atoms with Crippen LogP contribution in [0.2, 0.25) is 0 Å². The molecule has 1 amide bonds. The minimum Gasteiger partial charge on any atom is -0.493 e. The first-order chi connectivity index (χ1) is 10.6. The zero-order chi connectivity index (χ0) is 15.9. The van der Waals surface area contributed by atoms with Gasteiger partial charge in [0.05, 0.1) is 14.2 Å². The molecule has 0 saturated carbocycles. The first kappa shape index (κ1) is 15.4. The van der Waals surface area contributed by atoms with Crippen LogP contribution in [0.25, 0.3) is 6.08 Å². The van der Waals surface area contributed by atoms with Gasteiger partial charge in [-0.2, -0.15) is 0 Å². The number of amides is 1. The Labute approximate surface area is 128 Å². The second-order valence-electron chi connectivity index (χ2n) is 4.43. The van der Waals surface area contributed by atoms with Crippen molar-refractivity contribution in [3.05, 3.63) is 54.1 Å². The Morgan fingerprint density at radius 1 is 1.00 bits per heavy atom. The molecule has 22 heavy (non-hydrogen) atoms. The highest BCUT2D eigenvalue weighted by Gasteiger charge is 2.06. The summed E-state index contributed by atoms with van der Waals surface area (Å²) in [6.07, 6.45) is 2.93. The van der Waals surface area contributed by atoms with E-state index in [1.54, 1.807) is 44.6 Å². The van der Waals surface area contributed by atoms with E-state index in [4.69, 9.17) is 19.9 Å². The molecule has 2 aromatic rings. The summed E-state index contributed by atoms with van der Waals surface area (Å²) in [5.74, 6) is 1.98. The fourth-order valence-electron chi connectivity index (χ4n) is 1.88. The molecule has 0 unspecified atom stereocenters. The summed E-state index contributed by atoms with van der Waals surface area (Å²) in [6.45, 7) is 0. The minimum absolute atomic E-state index is 0.494. The summed E-state index contributed by atoms with van der Waals surface area (Å²) in [6, 6.07) is 12.6. The fourth-order valence-corrected chi connectivity index (χ4v) is 1.88. The van der Waals surface area contributed by atoms with Crippen LogP contribution in [0.5, 0.6) is 23.0 Å². The lowest BCUT2D eigenvalue weighted by molar-refractivity contribution is -0.113. The van der Waals surface area contributed by atoms with E-state index in [0.29, 0.717) is 23.0 Å². The lowest BCUT2D eigenvalue weighted by Crippen LogP contribution is -2.05. The molecular weight excluding hydrogens is 282 g/mol. The number of carbonyl (C=O) groups excluding carboxylic acids is 1. The monoisotopic (exact) mass is 299 g/mol. The highest BCUT2D eigenvalue weighted by atomic mass is 16.5. The van der Waals surface area contributed by atoms with E-state index < -0.39 is 5.91 Å². The smallest absolute Gasteiger partial charge is 0.241 e. The molecule has 5 heteroatoms. The van der Waals surface area contributed by atoms with Crippen molar-refractivity contribution in [3.8, 4) is 23.0 Å². The molecule has 0 atom stereocenters. The van der Waals surface area contributed by atoms with Gasteiger partial charge in [0.1, 0.15) is 11.5 Å². The van der Waals surface area contributed by atoms with Crippen molar-refractivity contribution in [2.75, 3.05) is 14.2 Å². The van der Waals surface area contributed by atoms with Crippen LogP contribution in [-0.4, -0.2) is 20.1 Å². The fraction of sp³-hybridized carbons (Fsp3) is 0.118. The number of carbonyl (C=O) groups is 1. The summed E-state index contributed by atoms with van der Waals surface area (Å²) in [5.41, 5.74) is 5.89. The van der Waals surface area contributed by atoms with Gasteiger partial charge in [0.25, 0.3) is 0 Å². The van der Waals surface area contributed by atoms with Crippen LogP contribution >= 0.6 is 0 Å². The average Bonchev–Trinajstić information content (AvgIpc) is 2.53. The molecule has 0 bridgehead atoms. The molecule has 0 radical (unpaired) electrons. The largest absolute Gasteiger partial charge is 0.493 e. The molecular formula is C17H17NO4. The van der Waals surface area contributed by atoms with Crippen LogP contribution in [0.1, 0.15) is 5.56 Å². The van der Waals surface area contributed by atoms with Crippen molar-refractivity contribution < 1.29 is 19.0 Å². The van der Waals surface area contributed by atoms with Gasteiger partial charge in [0, 0.05) is 12.1 Å². The number of hydrogen-bond donors (Lipinski definition) is 1. The molecule has 114 valence electrons. The van der Waals surface area contributed by atoms with Crippen molar-refractivity contribution >= 4 is 12.0 Å². The zero-order valence-electron chi connectivity index (χ0n) is 12.4. The number of nitrogens with two attached hydrogens (primary N) is 1. The number of rotatable bonds is 6. The van der Waals surface area contributed by atoms with Gasteiger partial charge in [-0.3, -0.25) is 4.79 Å². The Kier molecular flexibility index (Phi) is 5.03. The van der Waals surface area contributed by atoms with Gasteiger partial charge in [-0.1, -0.05) is 12.1 Å². The zero-order valence-corrected chi connectivity index (χ0v) is 12.4. The maximum atomic E-state index is 10.8. The van der Waals surface area contributed by atoms with Crippen molar-refractivity contribution in [2.45, 2.75) is 0 Å². The third kappa shape index (κ3) is 4.02. The lowest BCUT2D eigenvalue weighted by atomic mass is 10.2. The first-order valence-corrected chi connectivity index (χ1v) is 6.60. The molecule has 0 aliphatic rings. The Balaban J connectivity index is 2.20. The molecule has 0 spiro atoms. The van der Waals surface area contributed by atoms with Crippen molar-refractivity contribution in [2.24, 2.45) is 5.73 Å². The maximum absolute atomic E-state index is 10.8. The van der Waals surface area contributed by atoms with Crippen LogP contribution in [0.3, 0.4) is 0 Å². The van der Waals surface area contributed by atoms with Crippen molar-refractivity contribution in [1.29, 1.82) is 0 Å². The number of primary amides is 1. The second kappa shape index (κ2) is 7.17. The van der Waals surface area contributed by atoms with Crippen LogP contribution < -0.4 is 19.9 Å². The van der Waals surface area contributed by atoms with E-state index in [1.165, 1.54) is 6.08 Å². The third-order valence-electron chi connectivity index (χ3n) is 2.89. The maximum Gasteiger partial charge on any atom is 0.241 e. The number of benzene rings is 2. The summed E-state index contributed by atoms with van der Waals surface area (Å²) in [5, 5.41) is 0. The normalized spacial score (nSPS) is 10.5. The predicted octanol–water partition coefficient (Wildman–Crippen LogP) is 2.99. The Hall–Kier alpha value is -2.95. The molecule has 2 N–H and O–H groups in total. The van der Waals surface area contributed by atoms with Gasteiger partial charge in [0.2, 0.25) is 5.91 Å². The molecule has 5 nitrogen and oxygen atoms in total. The molecule has 0 aliphatic heterocycles. The molecule has 2 aromatic carbocycles. The van der Waals surface area contributed by atoms with Gasteiger partial charge < -0.3 is 19.9 Å². The Bertz CT molecular complexity index is 695. The number of hydrogen-bond acceptors (Lipinski definition) is 4. The lowest BCUT2D eigenvalue weighted by Gasteiger charge is -2.11. The van der Waals surface area contributed by atoms with Gasteiger partial charge in [-0.05, 0) is 35.9 Å². The molecule has 0 saturated heterocycles. The van der Waals surface area contributed by atoms with Crippen LogP contribution in [0.15, 0.2) is 48.5 Å². The van der Waals surface area contributed by atoms with E-state index in [1.807, 2.05) is 18.2 Å². The number of methoxy groups -OCH3 is 2. The molecule has 0 aliphatic carbocycles.